The van der Waals surface area contributed by atoms with Gasteiger partial charge in [0.1, 0.15) is 12.9 Å². The lowest BCUT2D eigenvalue weighted by molar-refractivity contribution is -0.131. The molecule has 6 nitrogen and oxygen atoms in total. The number of anilines is 1. The van der Waals surface area contributed by atoms with Gasteiger partial charge < -0.3 is 10.6 Å². The maximum Gasteiger partial charge on any atom is 0.244 e. The number of aromatic nitrogens is 3. The standard InChI is InChI=1S/C10H12BrN5OS/c1-15(3-8-2-7(11)5-18-8)9(17)4-16-6-13-10(12)14-16/h2,5-6H,3-4H2,1H3,(H2,12,14). The van der Waals surface area contributed by atoms with E-state index in [1.807, 2.05) is 11.4 Å². The number of halogens is 1. The molecule has 2 N–H and O–H groups in total. The molecule has 2 rings (SSSR count). The van der Waals surface area contributed by atoms with E-state index in [9.17, 15) is 4.79 Å². The highest BCUT2D eigenvalue weighted by Crippen LogP contribution is 2.20. The van der Waals surface area contributed by atoms with Crippen LogP contribution in [0, 0.1) is 0 Å². The SMILES string of the molecule is CN(Cc1cc(Br)cs1)C(=O)Cn1cnc(N)n1. The zero-order chi connectivity index (χ0) is 13.1. The normalized spacial score (nSPS) is 10.6. The van der Waals surface area contributed by atoms with Crippen molar-refractivity contribution in [3.8, 4) is 0 Å². The first-order chi connectivity index (χ1) is 8.54. The van der Waals surface area contributed by atoms with Crippen molar-refractivity contribution in [2.45, 2.75) is 13.1 Å². The summed E-state index contributed by atoms with van der Waals surface area (Å²) >= 11 is 5.00. The van der Waals surface area contributed by atoms with Crippen LogP contribution in [0.15, 0.2) is 22.2 Å². The van der Waals surface area contributed by atoms with Crippen LogP contribution in [0.4, 0.5) is 5.95 Å². The van der Waals surface area contributed by atoms with Gasteiger partial charge in [0.05, 0.1) is 6.54 Å². The number of carbonyl (C=O) groups is 1. The predicted molar refractivity (Wildman–Crippen MR) is 72.9 cm³/mol. The van der Waals surface area contributed by atoms with E-state index in [2.05, 4.69) is 26.0 Å². The van der Waals surface area contributed by atoms with Gasteiger partial charge in [0, 0.05) is 21.8 Å². The van der Waals surface area contributed by atoms with Crippen LogP contribution in [-0.4, -0.2) is 32.6 Å². The fourth-order valence-electron chi connectivity index (χ4n) is 1.40. The summed E-state index contributed by atoms with van der Waals surface area (Å²) in [6.07, 6.45) is 1.45. The van der Waals surface area contributed by atoms with E-state index in [0.717, 1.165) is 9.35 Å². The van der Waals surface area contributed by atoms with Gasteiger partial charge in [-0.05, 0) is 22.0 Å². The first-order valence-corrected chi connectivity index (χ1v) is 6.83. The maximum absolute atomic E-state index is 11.9. The van der Waals surface area contributed by atoms with Crippen molar-refractivity contribution in [1.82, 2.24) is 19.7 Å². The minimum Gasteiger partial charge on any atom is -0.367 e. The van der Waals surface area contributed by atoms with Gasteiger partial charge in [-0.15, -0.1) is 16.4 Å². The Morgan fingerprint density at radius 3 is 3.00 bits per heavy atom. The highest BCUT2D eigenvalue weighted by Gasteiger charge is 2.12. The number of nitrogens with two attached hydrogens (primary N) is 1. The summed E-state index contributed by atoms with van der Waals surface area (Å²) in [7, 11) is 1.76. The number of rotatable bonds is 4. The Bertz CT molecular complexity index is 552. The highest BCUT2D eigenvalue weighted by atomic mass is 79.9. The van der Waals surface area contributed by atoms with Gasteiger partial charge in [0.15, 0.2) is 0 Å². The molecule has 96 valence electrons. The van der Waals surface area contributed by atoms with Crippen LogP contribution in [0.3, 0.4) is 0 Å². The number of nitrogen functional groups attached to an aromatic ring is 1. The molecule has 0 bridgehead atoms. The highest BCUT2D eigenvalue weighted by molar-refractivity contribution is 9.10. The number of likely N-dealkylation sites (N-methyl/N-ethyl adjacent to an activating group) is 1. The van der Waals surface area contributed by atoms with Crippen molar-refractivity contribution in [2.75, 3.05) is 12.8 Å². The number of thiophene rings is 1. The molecule has 0 aromatic carbocycles. The third-order valence-electron chi connectivity index (χ3n) is 2.29. The average molecular weight is 330 g/mol. The summed E-state index contributed by atoms with van der Waals surface area (Å²) in [6, 6.07) is 2.00. The van der Waals surface area contributed by atoms with Crippen molar-refractivity contribution in [2.24, 2.45) is 0 Å². The minimum absolute atomic E-state index is 0.0376. The van der Waals surface area contributed by atoms with E-state index < -0.39 is 0 Å². The van der Waals surface area contributed by atoms with Crippen LogP contribution < -0.4 is 5.73 Å². The lowest BCUT2D eigenvalue weighted by Crippen LogP contribution is -2.29. The molecule has 0 radical (unpaired) electrons. The Hall–Kier alpha value is -1.41. The molecule has 0 aliphatic carbocycles. The quantitative estimate of drug-likeness (QED) is 0.918. The predicted octanol–water partition coefficient (Wildman–Crippen LogP) is 1.34. The van der Waals surface area contributed by atoms with Gasteiger partial charge in [-0.1, -0.05) is 0 Å². The smallest absolute Gasteiger partial charge is 0.244 e. The van der Waals surface area contributed by atoms with Gasteiger partial charge in [-0.25, -0.2) is 9.67 Å². The Balaban J connectivity index is 1.92. The molecule has 18 heavy (non-hydrogen) atoms. The Morgan fingerprint density at radius 1 is 1.67 bits per heavy atom. The third-order valence-corrected chi connectivity index (χ3v) is 3.97. The molecule has 0 atom stereocenters. The lowest BCUT2D eigenvalue weighted by atomic mass is 10.4. The molecule has 0 saturated carbocycles. The van der Waals surface area contributed by atoms with Gasteiger partial charge in [0.2, 0.25) is 11.9 Å². The van der Waals surface area contributed by atoms with Crippen molar-refractivity contribution in [3.63, 3.8) is 0 Å². The molecule has 0 fully saturated rings. The lowest BCUT2D eigenvalue weighted by Gasteiger charge is -2.15. The minimum atomic E-state index is -0.0376. The zero-order valence-corrected chi connectivity index (χ0v) is 12.1. The van der Waals surface area contributed by atoms with Crippen LogP contribution in [-0.2, 0) is 17.9 Å². The fourth-order valence-corrected chi connectivity index (χ4v) is 2.91. The van der Waals surface area contributed by atoms with Crippen LogP contribution in [0.1, 0.15) is 4.88 Å². The average Bonchev–Trinajstić information content (AvgIpc) is 2.88. The third kappa shape index (κ3) is 3.30. The number of hydrogen-bond donors (Lipinski definition) is 1. The molecule has 2 aromatic rings. The molecule has 1 amide bonds. The van der Waals surface area contributed by atoms with Gasteiger partial charge >= 0.3 is 0 Å². The summed E-state index contributed by atoms with van der Waals surface area (Å²) < 4.78 is 2.46. The van der Waals surface area contributed by atoms with E-state index in [-0.39, 0.29) is 18.4 Å². The fraction of sp³-hybridized carbons (Fsp3) is 0.300. The van der Waals surface area contributed by atoms with Crippen LogP contribution in [0.5, 0.6) is 0 Å². The zero-order valence-electron chi connectivity index (χ0n) is 9.71. The Morgan fingerprint density at radius 2 is 2.44 bits per heavy atom. The van der Waals surface area contributed by atoms with Gasteiger partial charge in [-0.2, -0.15) is 0 Å². The van der Waals surface area contributed by atoms with Crippen molar-refractivity contribution >= 4 is 39.1 Å². The number of carbonyl (C=O) groups excluding carboxylic acids is 1. The molecule has 8 heteroatoms. The van der Waals surface area contributed by atoms with Crippen molar-refractivity contribution in [3.05, 3.63) is 27.1 Å². The maximum atomic E-state index is 11.9. The van der Waals surface area contributed by atoms with Gasteiger partial charge in [0.25, 0.3) is 0 Å². The second-order valence-corrected chi connectivity index (χ2v) is 5.69. The van der Waals surface area contributed by atoms with Gasteiger partial charge in [-0.3, -0.25) is 4.79 Å². The van der Waals surface area contributed by atoms with Crippen molar-refractivity contribution in [1.29, 1.82) is 0 Å². The second-order valence-electron chi connectivity index (χ2n) is 3.78. The van der Waals surface area contributed by atoms with E-state index in [1.54, 1.807) is 23.3 Å². The molecule has 0 unspecified atom stereocenters. The van der Waals surface area contributed by atoms with E-state index >= 15 is 0 Å². The van der Waals surface area contributed by atoms with Crippen LogP contribution in [0.2, 0.25) is 0 Å². The first-order valence-electron chi connectivity index (χ1n) is 5.16. The Kier molecular flexibility index (Phi) is 3.97. The molecular formula is C10H12BrN5OS. The number of amides is 1. The summed E-state index contributed by atoms with van der Waals surface area (Å²) in [4.78, 5) is 18.5. The van der Waals surface area contributed by atoms with E-state index in [1.165, 1.54) is 11.0 Å². The van der Waals surface area contributed by atoms with E-state index in [4.69, 9.17) is 5.73 Å². The summed E-state index contributed by atoms with van der Waals surface area (Å²) in [5, 5.41) is 5.87. The molecule has 0 saturated heterocycles. The molecular weight excluding hydrogens is 318 g/mol. The summed E-state index contributed by atoms with van der Waals surface area (Å²) in [5.74, 6) is 0.136. The molecule has 0 spiro atoms. The molecule has 0 aliphatic rings. The molecule has 2 aromatic heterocycles. The van der Waals surface area contributed by atoms with Crippen LogP contribution in [0.25, 0.3) is 0 Å². The monoisotopic (exact) mass is 329 g/mol. The topological polar surface area (TPSA) is 77.0 Å². The second kappa shape index (κ2) is 5.49. The molecule has 0 aliphatic heterocycles. The van der Waals surface area contributed by atoms with Crippen LogP contribution >= 0.6 is 27.3 Å². The first kappa shape index (κ1) is 13.0. The summed E-state index contributed by atoms with van der Waals surface area (Å²) in [5.41, 5.74) is 5.39. The number of hydrogen-bond acceptors (Lipinski definition) is 5. The van der Waals surface area contributed by atoms with Crippen molar-refractivity contribution < 1.29 is 4.79 Å². The van der Waals surface area contributed by atoms with E-state index in [0.29, 0.717) is 6.54 Å². The largest absolute Gasteiger partial charge is 0.367 e. The number of nitrogens with zero attached hydrogens (tertiary/aromatic N) is 4. The molecule has 2 heterocycles. The Labute approximate surface area is 117 Å². The summed E-state index contributed by atoms with van der Waals surface area (Å²) in [6.45, 7) is 0.729.